The van der Waals surface area contributed by atoms with Gasteiger partial charge in [-0.2, -0.15) is 0 Å². The molecule has 166 valence electrons. The first-order valence-electron chi connectivity index (χ1n) is 11.6. The molecule has 5 nitrogen and oxygen atoms in total. The summed E-state index contributed by atoms with van der Waals surface area (Å²) < 4.78 is 5.39. The van der Waals surface area contributed by atoms with Crippen LogP contribution >= 0.6 is 11.3 Å². The first kappa shape index (κ1) is 22.0. The van der Waals surface area contributed by atoms with Gasteiger partial charge in [0.1, 0.15) is 4.88 Å². The van der Waals surface area contributed by atoms with Crippen LogP contribution < -0.4 is 10.6 Å². The van der Waals surface area contributed by atoms with Gasteiger partial charge in [0.05, 0.1) is 5.69 Å². The lowest BCUT2D eigenvalue weighted by molar-refractivity contribution is 0.0636. The summed E-state index contributed by atoms with van der Waals surface area (Å²) in [5.41, 5.74) is 2.53. The smallest absolute Gasteiger partial charge is 0.263 e. The summed E-state index contributed by atoms with van der Waals surface area (Å²) in [6.45, 7) is 2.29. The van der Waals surface area contributed by atoms with E-state index >= 15 is 0 Å². The third kappa shape index (κ3) is 5.95. The predicted molar refractivity (Wildman–Crippen MR) is 125 cm³/mol. The molecule has 0 atom stereocenters. The second kappa shape index (κ2) is 10.9. The molecular formula is C25H32N2O3S. The Labute approximate surface area is 188 Å². The van der Waals surface area contributed by atoms with Crippen LogP contribution in [0, 0.1) is 5.92 Å². The summed E-state index contributed by atoms with van der Waals surface area (Å²) >= 11 is 1.36. The zero-order chi connectivity index (χ0) is 21.5. The number of hydrogen-bond donors (Lipinski definition) is 2. The van der Waals surface area contributed by atoms with Crippen LogP contribution in [-0.2, 0) is 4.74 Å². The fourth-order valence-electron chi connectivity index (χ4n) is 4.63. The number of nitrogens with one attached hydrogen (secondary N) is 2. The Balaban J connectivity index is 1.30. The number of amides is 2. The second-order valence-electron chi connectivity index (χ2n) is 8.67. The second-order valence-corrected chi connectivity index (χ2v) is 9.59. The molecule has 2 heterocycles. The third-order valence-corrected chi connectivity index (χ3v) is 7.46. The van der Waals surface area contributed by atoms with E-state index in [1.165, 1.54) is 49.0 Å². The number of thiophene rings is 1. The van der Waals surface area contributed by atoms with E-state index < -0.39 is 0 Å². The van der Waals surface area contributed by atoms with E-state index in [1.54, 1.807) is 6.07 Å². The topological polar surface area (TPSA) is 67.4 Å². The highest BCUT2D eigenvalue weighted by atomic mass is 32.1. The Kier molecular flexibility index (Phi) is 7.76. The van der Waals surface area contributed by atoms with E-state index in [9.17, 15) is 9.59 Å². The summed E-state index contributed by atoms with van der Waals surface area (Å²) in [5, 5.41) is 7.77. The minimum atomic E-state index is -0.176. The SMILES string of the molecule is O=C(Nc1ccsc1C(=O)NCCC1CCOCC1)c1ccc(C2CCCCC2)cc1. The van der Waals surface area contributed by atoms with Gasteiger partial charge in [-0.3, -0.25) is 9.59 Å². The van der Waals surface area contributed by atoms with Crippen LogP contribution in [-0.4, -0.2) is 31.6 Å². The molecule has 1 saturated heterocycles. The van der Waals surface area contributed by atoms with Gasteiger partial charge in [0.2, 0.25) is 0 Å². The molecule has 4 rings (SSSR count). The molecule has 1 aliphatic heterocycles. The lowest BCUT2D eigenvalue weighted by Crippen LogP contribution is -2.27. The van der Waals surface area contributed by atoms with Gasteiger partial charge in [0, 0.05) is 25.3 Å². The number of hydrogen-bond acceptors (Lipinski definition) is 4. The fraction of sp³-hybridized carbons (Fsp3) is 0.520. The Morgan fingerprint density at radius 3 is 2.42 bits per heavy atom. The van der Waals surface area contributed by atoms with Crippen molar-refractivity contribution in [2.75, 3.05) is 25.1 Å². The minimum absolute atomic E-state index is 0.120. The van der Waals surface area contributed by atoms with Crippen molar-refractivity contribution in [3.63, 3.8) is 0 Å². The average Bonchev–Trinajstić information content (AvgIpc) is 3.28. The lowest BCUT2D eigenvalue weighted by atomic mass is 9.84. The molecule has 1 aromatic carbocycles. The van der Waals surface area contributed by atoms with E-state index in [4.69, 9.17) is 4.74 Å². The Bertz CT molecular complexity index is 865. The molecule has 2 amide bonds. The maximum Gasteiger partial charge on any atom is 0.263 e. The first-order valence-corrected chi connectivity index (χ1v) is 12.4. The molecule has 1 aromatic heterocycles. The quantitative estimate of drug-likeness (QED) is 0.589. The highest BCUT2D eigenvalue weighted by Gasteiger charge is 2.19. The Morgan fingerprint density at radius 2 is 1.68 bits per heavy atom. The maximum absolute atomic E-state index is 12.7. The number of carbonyl (C=O) groups excluding carboxylic acids is 2. The van der Waals surface area contributed by atoms with Crippen LogP contribution in [0.4, 0.5) is 5.69 Å². The maximum atomic E-state index is 12.7. The van der Waals surface area contributed by atoms with Gasteiger partial charge in [-0.05, 0) is 73.1 Å². The largest absolute Gasteiger partial charge is 0.381 e. The van der Waals surface area contributed by atoms with Crippen LogP contribution in [0.5, 0.6) is 0 Å². The van der Waals surface area contributed by atoms with Gasteiger partial charge in [-0.1, -0.05) is 31.4 Å². The van der Waals surface area contributed by atoms with Crippen LogP contribution in [0.2, 0.25) is 0 Å². The van der Waals surface area contributed by atoms with Crippen molar-refractivity contribution in [3.05, 3.63) is 51.7 Å². The van der Waals surface area contributed by atoms with Gasteiger partial charge < -0.3 is 15.4 Å². The molecule has 0 bridgehead atoms. The van der Waals surface area contributed by atoms with Gasteiger partial charge >= 0.3 is 0 Å². The summed E-state index contributed by atoms with van der Waals surface area (Å²) in [7, 11) is 0. The minimum Gasteiger partial charge on any atom is -0.381 e. The molecule has 2 aliphatic rings. The van der Waals surface area contributed by atoms with E-state index in [2.05, 4.69) is 22.8 Å². The fourth-order valence-corrected chi connectivity index (χ4v) is 5.39. The molecule has 0 unspecified atom stereocenters. The van der Waals surface area contributed by atoms with Crippen molar-refractivity contribution in [3.8, 4) is 0 Å². The molecule has 2 fully saturated rings. The van der Waals surface area contributed by atoms with E-state index in [0.717, 1.165) is 32.5 Å². The van der Waals surface area contributed by atoms with E-state index in [1.807, 2.05) is 17.5 Å². The Morgan fingerprint density at radius 1 is 0.935 bits per heavy atom. The molecule has 6 heteroatoms. The highest BCUT2D eigenvalue weighted by Crippen LogP contribution is 2.32. The summed E-state index contributed by atoms with van der Waals surface area (Å²) in [4.78, 5) is 25.9. The van der Waals surface area contributed by atoms with Gasteiger partial charge in [0.15, 0.2) is 0 Å². The normalized spacial score (nSPS) is 17.9. The molecule has 1 saturated carbocycles. The highest BCUT2D eigenvalue weighted by molar-refractivity contribution is 7.12. The zero-order valence-corrected chi connectivity index (χ0v) is 18.8. The predicted octanol–water partition coefficient (Wildman–Crippen LogP) is 5.59. The molecule has 1 aliphatic carbocycles. The number of benzene rings is 1. The molecule has 0 radical (unpaired) electrons. The number of anilines is 1. The average molecular weight is 441 g/mol. The van der Waals surface area contributed by atoms with Crippen LogP contribution in [0.3, 0.4) is 0 Å². The monoisotopic (exact) mass is 440 g/mol. The first-order chi connectivity index (χ1) is 15.2. The number of rotatable bonds is 7. The van der Waals surface area contributed by atoms with Crippen LogP contribution in [0.1, 0.15) is 82.9 Å². The van der Waals surface area contributed by atoms with Crippen molar-refractivity contribution in [2.45, 2.75) is 57.3 Å². The molecule has 0 spiro atoms. The van der Waals surface area contributed by atoms with E-state index in [-0.39, 0.29) is 11.8 Å². The van der Waals surface area contributed by atoms with Crippen LogP contribution in [0.25, 0.3) is 0 Å². The van der Waals surface area contributed by atoms with Gasteiger partial charge in [-0.15, -0.1) is 11.3 Å². The van der Waals surface area contributed by atoms with Crippen molar-refractivity contribution >= 4 is 28.8 Å². The third-order valence-electron chi connectivity index (χ3n) is 6.55. The zero-order valence-electron chi connectivity index (χ0n) is 18.0. The number of carbonyl (C=O) groups is 2. The molecule has 2 aromatic rings. The number of ether oxygens (including phenoxy) is 1. The van der Waals surface area contributed by atoms with Crippen molar-refractivity contribution < 1.29 is 14.3 Å². The van der Waals surface area contributed by atoms with Gasteiger partial charge in [0.25, 0.3) is 11.8 Å². The summed E-state index contributed by atoms with van der Waals surface area (Å²) in [6, 6.07) is 9.77. The van der Waals surface area contributed by atoms with Crippen molar-refractivity contribution in [1.29, 1.82) is 0 Å². The van der Waals surface area contributed by atoms with Crippen LogP contribution in [0.15, 0.2) is 35.7 Å². The van der Waals surface area contributed by atoms with Gasteiger partial charge in [-0.25, -0.2) is 0 Å². The standard InChI is InChI=1S/C25H32N2O3S/c28-24(21-8-6-20(7-9-21)19-4-2-1-3-5-19)27-22-13-17-31-23(22)25(29)26-14-10-18-11-15-30-16-12-18/h6-9,13,17-19H,1-5,10-12,14-16H2,(H,26,29)(H,27,28). The lowest BCUT2D eigenvalue weighted by Gasteiger charge is -2.22. The molecule has 31 heavy (non-hydrogen) atoms. The van der Waals surface area contributed by atoms with Crippen molar-refractivity contribution in [1.82, 2.24) is 5.32 Å². The molecular weight excluding hydrogens is 408 g/mol. The summed E-state index contributed by atoms with van der Waals surface area (Å²) in [5.74, 6) is 0.946. The van der Waals surface area contributed by atoms with Crippen molar-refractivity contribution in [2.24, 2.45) is 5.92 Å². The Hall–Kier alpha value is -2.18. The van der Waals surface area contributed by atoms with E-state index in [0.29, 0.717) is 34.5 Å². The molecule has 2 N–H and O–H groups in total. The summed E-state index contributed by atoms with van der Waals surface area (Å²) in [6.07, 6.45) is 9.51.